The zero-order valence-corrected chi connectivity index (χ0v) is 33.2. The van der Waals surface area contributed by atoms with Gasteiger partial charge in [0.15, 0.2) is 5.76 Å². The molecule has 10 aliphatic rings. The molecule has 0 unspecified atom stereocenters. The van der Waals surface area contributed by atoms with Gasteiger partial charge >= 0.3 is 11.9 Å². The van der Waals surface area contributed by atoms with Gasteiger partial charge in [-0.1, -0.05) is 26.0 Å². The van der Waals surface area contributed by atoms with Crippen molar-refractivity contribution in [1.82, 2.24) is 9.80 Å². The molecule has 3 saturated heterocycles. The average Bonchev–Trinajstić information content (AvgIpc) is 4.05. The van der Waals surface area contributed by atoms with Gasteiger partial charge in [0.25, 0.3) is 0 Å². The van der Waals surface area contributed by atoms with Crippen molar-refractivity contribution >= 4 is 29.1 Å². The normalized spacial score (nSPS) is 38.8. The first kappa shape index (κ1) is 35.4. The van der Waals surface area contributed by atoms with Crippen LogP contribution in [0.15, 0.2) is 75.0 Å². The van der Waals surface area contributed by atoms with Crippen LogP contribution in [0.4, 0.5) is 5.69 Å². The molecule has 0 bridgehead atoms. The van der Waals surface area contributed by atoms with Gasteiger partial charge in [0.2, 0.25) is 11.5 Å². The van der Waals surface area contributed by atoms with E-state index < -0.39 is 34.4 Å². The van der Waals surface area contributed by atoms with Gasteiger partial charge in [-0.2, -0.15) is 0 Å². The van der Waals surface area contributed by atoms with E-state index in [0.717, 1.165) is 48.4 Å². The Morgan fingerprint density at radius 2 is 1.72 bits per heavy atom. The molecule has 57 heavy (non-hydrogen) atoms. The molecule has 2 spiro atoms. The number of aliphatic hydroxyl groups is 1. The van der Waals surface area contributed by atoms with Crippen molar-refractivity contribution in [3.63, 3.8) is 0 Å². The number of esters is 2. The minimum absolute atomic E-state index is 0.0630. The van der Waals surface area contributed by atoms with E-state index in [2.05, 4.69) is 53.2 Å². The first-order chi connectivity index (χ1) is 27.5. The molecule has 1 aromatic carbocycles. The Hall–Kier alpha value is -4.72. The van der Waals surface area contributed by atoms with Crippen LogP contribution in [0.5, 0.6) is 5.75 Å². The summed E-state index contributed by atoms with van der Waals surface area (Å²) >= 11 is 0. The van der Waals surface area contributed by atoms with E-state index in [-0.39, 0.29) is 53.2 Å². The maximum Gasteiger partial charge on any atom is 0.335 e. The Kier molecular flexibility index (Phi) is 7.14. The molecule has 13 heteroatoms. The van der Waals surface area contributed by atoms with Crippen LogP contribution in [0.3, 0.4) is 0 Å². The lowest BCUT2D eigenvalue weighted by atomic mass is 9.51. The molecule has 3 fully saturated rings. The number of ketones is 1. The number of hydrogen-bond acceptors (Lipinski definition) is 13. The van der Waals surface area contributed by atoms with Gasteiger partial charge < -0.3 is 34.1 Å². The number of hydrogen-bond donors (Lipinski definition) is 2. The van der Waals surface area contributed by atoms with Crippen LogP contribution in [0, 0.1) is 16.2 Å². The summed E-state index contributed by atoms with van der Waals surface area (Å²) in [7, 11) is 5.76. The number of ether oxygens (including phenoxy) is 5. The Bertz CT molecular complexity index is 2320. The van der Waals surface area contributed by atoms with E-state index in [9.17, 15) is 19.5 Å². The molecule has 7 heterocycles. The Balaban J connectivity index is 1.10. The molecule has 3 aliphatic carbocycles. The van der Waals surface area contributed by atoms with Gasteiger partial charge in [-0.3, -0.25) is 14.6 Å². The number of carbonyl (C=O) groups excluding carboxylic acids is 3. The summed E-state index contributed by atoms with van der Waals surface area (Å²) in [5, 5.41) is 16.7. The van der Waals surface area contributed by atoms with Crippen LogP contribution in [0.2, 0.25) is 0 Å². The number of nitrogens with zero attached hydrogens (tertiary/aromatic N) is 3. The maximum absolute atomic E-state index is 13.8. The number of nitrogens with one attached hydrogen (secondary N) is 1. The number of fused-ring (bicyclic) bond motifs is 6. The zero-order chi connectivity index (χ0) is 39.6. The zero-order valence-electron chi connectivity index (χ0n) is 33.2. The fourth-order valence-electron chi connectivity index (χ4n) is 14.0. The molecule has 0 radical (unpaired) electrons. The van der Waals surface area contributed by atoms with E-state index in [0.29, 0.717) is 59.7 Å². The van der Waals surface area contributed by atoms with Crippen LogP contribution >= 0.6 is 0 Å². The predicted octanol–water partition coefficient (Wildman–Crippen LogP) is 4.15. The number of methoxy groups -OCH3 is 4. The summed E-state index contributed by atoms with van der Waals surface area (Å²) < 4.78 is 29.1. The summed E-state index contributed by atoms with van der Waals surface area (Å²) in [6.07, 6.45) is 8.29. The second-order valence-electron chi connectivity index (χ2n) is 17.6. The highest BCUT2D eigenvalue weighted by molar-refractivity contribution is 6.26. The third-order valence-corrected chi connectivity index (χ3v) is 16.0. The number of rotatable bonds is 6. The van der Waals surface area contributed by atoms with Gasteiger partial charge in [-0.25, -0.2) is 14.6 Å². The van der Waals surface area contributed by atoms with Crippen molar-refractivity contribution in [2.75, 3.05) is 53.4 Å². The largest absolute Gasteiger partial charge is 0.491 e. The van der Waals surface area contributed by atoms with Crippen LogP contribution in [-0.2, 0) is 38.7 Å². The SMILES string of the molecule is CC[C@]12C=CCN3CC[C@]4(C(=C(C(=O)OC)C1)Nc1cc5c(cc14)[C@@H]1[C@H](O5)[C@@H](O)[C@@]4(CC)CC(C(=O)OC)=C5N=C6C(=CC(=O)C(OC)=C6OC)[C@@]56CCN1[C@H]64)[C@@H]32. The molecule has 13 nitrogen and oxygen atoms in total. The summed E-state index contributed by atoms with van der Waals surface area (Å²) in [6.45, 7) is 6.67. The Labute approximate surface area is 331 Å². The van der Waals surface area contributed by atoms with E-state index in [1.807, 2.05) is 0 Å². The molecule has 0 amide bonds. The highest BCUT2D eigenvalue weighted by atomic mass is 16.5. The van der Waals surface area contributed by atoms with Crippen molar-refractivity contribution in [2.24, 2.45) is 21.2 Å². The number of anilines is 1. The molecule has 11 rings (SSSR count). The first-order valence-electron chi connectivity index (χ1n) is 20.3. The predicted molar refractivity (Wildman–Crippen MR) is 206 cm³/mol. The number of allylic oxidation sites excluding steroid dienone is 2. The van der Waals surface area contributed by atoms with E-state index in [1.54, 1.807) is 6.08 Å². The van der Waals surface area contributed by atoms with Gasteiger partial charge in [0, 0.05) is 65.6 Å². The molecular weight excluding hydrogens is 729 g/mol. The van der Waals surface area contributed by atoms with Crippen LogP contribution in [-0.4, -0.2) is 111 Å². The standard InChI is InChI=1S/C44H48N4O9/c1-7-41-10-9-13-47-14-11-43(39(41)47)24-16-21-28(18-26(24)45-34(43)22(19-41)37(51)55-5)57-33-30(21)48-15-12-44-25-17-27(49)31(53-3)32(54-4)29(25)46-35(44)23(38(52)56-6)20-42(8-2,36(33)50)40(44)48/h9-10,16-18,30,33,36,39-40,45,50H,7-8,11-15,19-20H2,1-6H3/t30-,33+,36-,39+,40+,41+,42-,43+,44+/m1/s1. The lowest BCUT2D eigenvalue weighted by Crippen LogP contribution is -2.68. The van der Waals surface area contributed by atoms with E-state index >= 15 is 0 Å². The number of aliphatic hydroxyl groups excluding tert-OH is 1. The molecule has 9 atom stereocenters. The maximum atomic E-state index is 13.8. The molecule has 0 saturated carbocycles. The molecular formula is C44H48N4O9. The summed E-state index contributed by atoms with van der Waals surface area (Å²) in [5.74, 6) is -0.127. The second-order valence-corrected chi connectivity index (χ2v) is 17.6. The van der Waals surface area contributed by atoms with Gasteiger partial charge in [0.05, 0.1) is 62.2 Å². The number of piperidine rings is 1. The van der Waals surface area contributed by atoms with Gasteiger partial charge in [0.1, 0.15) is 23.7 Å². The van der Waals surface area contributed by atoms with Gasteiger partial charge in [-0.15, -0.1) is 0 Å². The minimum Gasteiger partial charge on any atom is -0.491 e. The molecule has 1 aromatic rings. The molecule has 7 aliphatic heterocycles. The third kappa shape index (κ3) is 3.83. The fraction of sp³-hybridized carbons (Fsp3) is 0.545. The first-order valence-corrected chi connectivity index (χ1v) is 20.3. The number of aliphatic imine (C=N–C) groups is 1. The fourth-order valence-corrected chi connectivity index (χ4v) is 14.0. The van der Waals surface area contributed by atoms with Crippen LogP contribution < -0.4 is 10.1 Å². The smallest absolute Gasteiger partial charge is 0.335 e. The summed E-state index contributed by atoms with van der Waals surface area (Å²) in [4.78, 5) is 51.4. The van der Waals surface area contributed by atoms with E-state index in [1.165, 1.54) is 28.4 Å². The number of benzene rings is 1. The number of carbonyl (C=O) groups is 3. The second kappa shape index (κ2) is 11.5. The lowest BCUT2D eigenvalue weighted by molar-refractivity contribution is -0.172. The Morgan fingerprint density at radius 1 is 0.965 bits per heavy atom. The lowest BCUT2D eigenvalue weighted by Gasteiger charge is -2.60. The quantitative estimate of drug-likeness (QED) is 0.243. The van der Waals surface area contributed by atoms with Gasteiger partial charge in [-0.05, 0) is 61.8 Å². The van der Waals surface area contributed by atoms with Crippen molar-refractivity contribution in [3.05, 3.63) is 81.1 Å². The molecule has 298 valence electrons. The van der Waals surface area contributed by atoms with Crippen molar-refractivity contribution in [2.45, 2.75) is 88.1 Å². The van der Waals surface area contributed by atoms with Crippen molar-refractivity contribution in [1.29, 1.82) is 0 Å². The highest BCUT2D eigenvalue weighted by Crippen LogP contribution is 2.72. The van der Waals surface area contributed by atoms with Crippen LogP contribution in [0.1, 0.15) is 69.5 Å². The van der Waals surface area contributed by atoms with Crippen molar-refractivity contribution in [3.8, 4) is 5.75 Å². The summed E-state index contributed by atoms with van der Waals surface area (Å²) in [6, 6.07) is 3.88. The highest BCUT2D eigenvalue weighted by Gasteiger charge is 2.75. The molecule has 0 aromatic heterocycles. The van der Waals surface area contributed by atoms with Crippen molar-refractivity contribution < 1.29 is 43.2 Å². The average molecular weight is 777 g/mol. The van der Waals surface area contributed by atoms with Crippen LogP contribution in [0.25, 0.3) is 0 Å². The van der Waals surface area contributed by atoms with E-state index in [4.69, 9.17) is 28.7 Å². The summed E-state index contributed by atoms with van der Waals surface area (Å²) in [5.41, 5.74) is 4.43. The Morgan fingerprint density at radius 3 is 2.44 bits per heavy atom. The topological polar surface area (TPSA) is 148 Å². The third-order valence-electron chi connectivity index (χ3n) is 16.0. The monoisotopic (exact) mass is 776 g/mol. The minimum atomic E-state index is -0.983. The molecule has 2 N–H and O–H groups in total.